The molecule has 0 saturated heterocycles. The molecule has 1 aromatic carbocycles. The predicted molar refractivity (Wildman–Crippen MR) is 110 cm³/mol. The van der Waals surface area contributed by atoms with Crippen LogP contribution >= 0.6 is 0 Å². The Hall–Kier alpha value is -3.81. The lowest BCUT2D eigenvalue weighted by atomic mass is 10.1. The highest BCUT2D eigenvalue weighted by molar-refractivity contribution is 5.98. The van der Waals surface area contributed by atoms with E-state index in [4.69, 9.17) is 0 Å². The van der Waals surface area contributed by atoms with Crippen LogP contribution < -0.4 is 5.43 Å². The number of aromatic nitrogens is 3. The molecule has 0 bridgehead atoms. The van der Waals surface area contributed by atoms with E-state index >= 15 is 0 Å². The fourth-order valence-electron chi connectivity index (χ4n) is 3.36. The molecule has 0 aliphatic carbocycles. The highest BCUT2D eigenvalue weighted by Crippen LogP contribution is 2.37. The van der Waals surface area contributed by atoms with Gasteiger partial charge in [0.2, 0.25) is 11.3 Å². The van der Waals surface area contributed by atoms with Crippen LogP contribution in [0.4, 0.5) is 5.69 Å². The number of aromatic hydroxyl groups is 1. The van der Waals surface area contributed by atoms with Crippen molar-refractivity contribution in [1.82, 2.24) is 14.1 Å². The summed E-state index contributed by atoms with van der Waals surface area (Å²) >= 11 is 0. The number of hydrogen-bond acceptors (Lipinski definition) is 5. The topological polar surface area (TPSA) is 102 Å². The normalized spacial score (nSPS) is 11.7. The predicted octanol–water partition coefficient (Wildman–Crippen LogP) is 3.85. The molecule has 4 aromatic rings. The van der Waals surface area contributed by atoms with Crippen molar-refractivity contribution in [1.29, 1.82) is 0 Å². The first-order valence-electron chi connectivity index (χ1n) is 9.15. The van der Waals surface area contributed by atoms with Gasteiger partial charge in [0.1, 0.15) is 11.2 Å². The van der Waals surface area contributed by atoms with Crippen LogP contribution in [0.25, 0.3) is 21.9 Å². The molecule has 0 radical (unpaired) electrons. The molecule has 3 aromatic heterocycles. The van der Waals surface area contributed by atoms with E-state index in [2.05, 4.69) is 15.2 Å². The van der Waals surface area contributed by atoms with Gasteiger partial charge >= 0.3 is 5.91 Å². The number of carbonyl (C=O) groups is 1. The molecule has 4 rings (SSSR count). The van der Waals surface area contributed by atoms with Crippen molar-refractivity contribution in [2.75, 3.05) is 0 Å². The molecule has 0 fully saturated rings. The molecule has 0 unspecified atom stereocenters. The van der Waals surface area contributed by atoms with E-state index < -0.39 is 11.3 Å². The molecule has 0 saturated carbocycles. The van der Waals surface area contributed by atoms with Crippen LogP contribution in [0, 0.1) is 6.92 Å². The fraction of sp³-hybridized carbons (Fsp3) is 0.190. The van der Waals surface area contributed by atoms with Crippen molar-refractivity contribution in [2.45, 2.75) is 20.4 Å². The van der Waals surface area contributed by atoms with Gasteiger partial charge in [-0.2, -0.15) is 0 Å². The zero-order valence-corrected chi connectivity index (χ0v) is 16.2. The summed E-state index contributed by atoms with van der Waals surface area (Å²) in [5.41, 5.74) is 1.72. The van der Waals surface area contributed by atoms with Gasteiger partial charge in [-0.15, -0.1) is 10.2 Å². The lowest BCUT2D eigenvalue weighted by molar-refractivity contribution is 0.0993. The number of carbonyl (C=O) groups excluding carboxylic acids is 1. The maximum atomic E-state index is 12.8. The Balaban J connectivity index is 1.81. The van der Waals surface area contributed by atoms with Gasteiger partial charge in [0.25, 0.3) is 0 Å². The number of pyridine rings is 2. The number of nitrogens with zero attached hydrogens (tertiary/aromatic N) is 5. The van der Waals surface area contributed by atoms with Crippen LogP contribution in [0.5, 0.6) is 5.88 Å². The third kappa shape index (κ3) is 2.98. The van der Waals surface area contributed by atoms with Gasteiger partial charge in [0.15, 0.2) is 5.69 Å². The summed E-state index contributed by atoms with van der Waals surface area (Å²) in [6, 6.07) is 10.6. The van der Waals surface area contributed by atoms with Gasteiger partial charge in [-0.25, -0.2) is 4.98 Å². The smallest absolute Gasteiger partial charge is 0.300 e. The third-order valence-corrected chi connectivity index (χ3v) is 4.92. The van der Waals surface area contributed by atoms with E-state index in [-0.39, 0.29) is 17.1 Å². The maximum absolute atomic E-state index is 12.8. The SMILES string of the molecule is CCn1cc(C(=O)N=Nc2c(O)n(C)c3ccccc23)c(=O)c2ccc(C)nc21. The summed E-state index contributed by atoms with van der Waals surface area (Å²) in [6.45, 7) is 4.28. The Kier molecular flexibility index (Phi) is 4.46. The van der Waals surface area contributed by atoms with Crippen molar-refractivity contribution in [3.05, 3.63) is 64.1 Å². The van der Waals surface area contributed by atoms with Gasteiger partial charge in [0.05, 0.1) is 10.9 Å². The maximum Gasteiger partial charge on any atom is 0.300 e. The van der Waals surface area contributed by atoms with Crippen molar-refractivity contribution < 1.29 is 9.90 Å². The average molecular weight is 389 g/mol. The Bertz CT molecular complexity index is 1360. The highest BCUT2D eigenvalue weighted by atomic mass is 16.3. The van der Waals surface area contributed by atoms with Crippen molar-refractivity contribution in [2.24, 2.45) is 17.3 Å². The summed E-state index contributed by atoms with van der Waals surface area (Å²) in [7, 11) is 1.69. The minimum atomic E-state index is -0.771. The average Bonchev–Trinajstić information content (AvgIpc) is 2.97. The second-order valence-corrected chi connectivity index (χ2v) is 6.74. The molecule has 146 valence electrons. The van der Waals surface area contributed by atoms with Gasteiger partial charge in [-0.1, -0.05) is 18.2 Å². The quantitative estimate of drug-likeness (QED) is 0.538. The van der Waals surface area contributed by atoms with Crippen LogP contribution in [0.15, 0.2) is 57.6 Å². The van der Waals surface area contributed by atoms with E-state index in [1.54, 1.807) is 40.4 Å². The number of rotatable bonds is 3. The van der Waals surface area contributed by atoms with E-state index in [1.807, 2.05) is 26.0 Å². The first-order valence-corrected chi connectivity index (χ1v) is 9.15. The number of aryl methyl sites for hydroxylation is 3. The Morgan fingerprint density at radius 2 is 1.93 bits per heavy atom. The Morgan fingerprint density at radius 3 is 2.69 bits per heavy atom. The van der Waals surface area contributed by atoms with Crippen LogP contribution in [0.2, 0.25) is 0 Å². The first kappa shape index (κ1) is 18.5. The molecule has 8 nitrogen and oxygen atoms in total. The second-order valence-electron chi connectivity index (χ2n) is 6.74. The van der Waals surface area contributed by atoms with Crippen LogP contribution in [0.1, 0.15) is 23.0 Å². The minimum absolute atomic E-state index is 0.0894. The van der Waals surface area contributed by atoms with Crippen LogP contribution in [-0.4, -0.2) is 25.1 Å². The minimum Gasteiger partial charge on any atom is -0.493 e. The molecular formula is C21H19N5O3. The summed E-state index contributed by atoms with van der Waals surface area (Å²) < 4.78 is 3.30. The van der Waals surface area contributed by atoms with Gasteiger partial charge in [-0.3, -0.25) is 9.59 Å². The number of hydrogen-bond donors (Lipinski definition) is 1. The van der Waals surface area contributed by atoms with Crippen molar-refractivity contribution in [3.8, 4) is 5.88 Å². The van der Waals surface area contributed by atoms with Crippen molar-refractivity contribution in [3.63, 3.8) is 0 Å². The van der Waals surface area contributed by atoms with Gasteiger partial charge < -0.3 is 14.2 Å². The van der Waals surface area contributed by atoms with E-state index in [9.17, 15) is 14.7 Å². The molecule has 0 aliphatic heterocycles. The largest absolute Gasteiger partial charge is 0.493 e. The zero-order valence-electron chi connectivity index (χ0n) is 16.2. The molecule has 0 aliphatic rings. The Labute approximate surface area is 165 Å². The summed E-state index contributed by atoms with van der Waals surface area (Å²) in [6.07, 6.45) is 1.46. The number of amides is 1. The Morgan fingerprint density at radius 1 is 1.17 bits per heavy atom. The summed E-state index contributed by atoms with van der Waals surface area (Å²) in [4.78, 5) is 29.9. The van der Waals surface area contributed by atoms with Gasteiger partial charge in [-0.05, 0) is 32.0 Å². The monoisotopic (exact) mass is 389 g/mol. The number of azo groups is 1. The van der Waals surface area contributed by atoms with E-state index in [0.29, 0.717) is 23.0 Å². The lowest BCUT2D eigenvalue weighted by Gasteiger charge is -2.09. The second kappa shape index (κ2) is 6.97. The van der Waals surface area contributed by atoms with Crippen LogP contribution in [0.3, 0.4) is 0 Å². The standard InChI is InChI=1S/C21H19N5O3/c1-4-26-11-15(18(27)14-10-9-12(2)22-19(14)26)20(28)24-23-17-13-7-5-6-8-16(13)25(3)21(17)29/h5-11,29H,4H2,1-3H3. The lowest BCUT2D eigenvalue weighted by Crippen LogP contribution is -2.18. The molecule has 0 atom stereocenters. The summed E-state index contributed by atoms with van der Waals surface area (Å²) in [5.74, 6) is -0.876. The molecule has 1 N–H and O–H groups in total. The fourth-order valence-corrected chi connectivity index (χ4v) is 3.36. The molecular weight excluding hydrogens is 370 g/mol. The van der Waals surface area contributed by atoms with Gasteiger partial charge in [0, 0.05) is 30.9 Å². The van der Waals surface area contributed by atoms with E-state index in [0.717, 1.165) is 11.2 Å². The molecule has 0 spiro atoms. The highest BCUT2D eigenvalue weighted by Gasteiger charge is 2.18. The zero-order chi connectivity index (χ0) is 20.7. The number of benzene rings is 1. The summed E-state index contributed by atoms with van der Waals surface area (Å²) in [5, 5.41) is 19.0. The van der Waals surface area contributed by atoms with Crippen molar-refractivity contribution >= 4 is 33.5 Å². The molecule has 8 heteroatoms. The number of para-hydroxylation sites is 1. The molecule has 3 heterocycles. The molecule has 29 heavy (non-hydrogen) atoms. The third-order valence-electron chi connectivity index (χ3n) is 4.92. The first-order chi connectivity index (χ1) is 13.9. The number of fused-ring (bicyclic) bond motifs is 2. The van der Waals surface area contributed by atoms with E-state index in [1.165, 1.54) is 6.20 Å². The molecule has 1 amide bonds. The van der Waals surface area contributed by atoms with Crippen LogP contribution in [-0.2, 0) is 13.6 Å².